The van der Waals surface area contributed by atoms with Crippen molar-refractivity contribution in [2.75, 3.05) is 5.33 Å². The lowest BCUT2D eigenvalue weighted by Crippen LogP contribution is -2.09. The molecule has 0 amide bonds. The van der Waals surface area contributed by atoms with Gasteiger partial charge in [0.05, 0.1) is 0 Å². The van der Waals surface area contributed by atoms with E-state index in [-0.39, 0.29) is 0 Å². The molecule has 0 fully saturated rings. The fourth-order valence-electron chi connectivity index (χ4n) is 1.87. The smallest absolute Gasteiger partial charge is 0.0406 e. The van der Waals surface area contributed by atoms with Gasteiger partial charge in [-0.15, -0.1) is 11.3 Å². The zero-order chi connectivity index (χ0) is 13.0. The SMILES string of the molecule is Clc1ccc(CC(CBr)Cc2sccc2Br)cc1. The molecule has 1 heterocycles. The molecular formula is C14H13Br2ClS. The monoisotopic (exact) mass is 406 g/mol. The van der Waals surface area contributed by atoms with Crippen molar-refractivity contribution < 1.29 is 0 Å². The van der Waals surface area contributed by atoms with Crippen LogP contribution in [-0.4, -0.2) is 5.33 Å². The van der Waals surface area contributed by atoms with Crippen LogP contribution in [0, 0.1) is 5.92 Å². The van der Waals surface area contributed by atoms with Gasteiger partial charge in [0.15, 0.2) is 0 Å². The van der Waals surface area contributed by atoms with Crippen LogP contribution in [0.4, 0.5) is 0 Å². The minimum Gasteiger partial charge on any atom is -0.148 e. The number of hydrogen-bond donors (Lipinski definition) is 0. The second kappa shape index (κ2) is 7.09. The maximum absolute atomic E-state index is 5.90. The molecule has 2 rings (SSSR count). The van der Waals surface area contributed by atoms with E-state index in [2.05, 4.69) is 55.4 Å². The van der Waals surface area contributed by atoms with Crippen molar-refractivity contribution in [2.45, 2.75) is 12.8 Å². The summed E-state index contributed by atoms with van der Waals surface area (Å²) in [6.07, 6.45) is 2.18. The third-order valence-corrected chi connectivity index (χ3v) is 5.94. The predicted molar refractivity (Wildman–Crippen MR) is 88.2 cm³/mol. The highest BCUT2D eigenvalue weighted by molar-refractivity contribution is 9.10. The minimum absolute atomic E-state index is 0.612. The van der Waals surface area contributed by atoms with E-state index in [1.165, 1.54) is 14.9 Å². The van der Waals surface area contributed by atoms with E-state index in [0.29, 0.717) is 5.92 Å². The van der Waals surface area contributed by atoms with Crippen molar-refractivity contribution >= 4 is 54.8 Å². The highest BCUT2D eigenvalue weighted by Gasteiger charge is 2.12. The molecule has 4 heteroatoms. The maximum Gasteiger partial charge on any atom is 0.0406 e. The first kappa shape index (κ1) is 14.6. The van der Waals surface area contributed by atoms with Crippen LogP contribution in [-0.2, 0) is 12.8 Å². The van der Waals surface area contributed by atoms with Gasteiger partial charge in [0, 0.05) is 19.7 Å². The Bertz CT molecular complexity index is 493. The molecule has 0 saturated heterocycles. The van der Waals surface area contributed by atoms with Crippen LogP contribution in [0.5, 0.6) is 0 Å². The Balaban J connectivity index is 2.01. The van der Waals surface area contributed by atoms with Gasteiger partial charge < -0.3 is 0 Å². The lowest BCUT2D eigenvalue weighted by Gasteiger charge is -2.13. The highest BCUT2D eigenvalue weighted by Crippen LogP contribution is 2.27. The molecule has 1 aromatic heterocycles. The topological polar surface area (TPSA) is 0 Å². The van der Waals surface area contributed by atoms with E-state index in [1.807, 2.05) is 23.5 Å². The molecule has 0 aliphatic heterocycles. The van der Waals surface area contributed by atoms with Gasteiger partial charge in [-0.3, -0.25) is 0 Å². The van der Waals surface area contributed by atoms with Crippen molar-refractivity contribution in [3.05, 3.63) is 55.6 Å². The van der Waals surface area contributed by atoms with Gasteiger partial charge in [0.25, 0.3) is 0 Å². The molecule has 0 radical (unpaired) electrons. The molecule has 0 spiro atoms. The standard InChI is InChI=1S/C14H13Br2ClS/c15-9-11(8-14-13(16)5-6-18-14)7-10-1-3-12(17)4-2-10/h1-6,11H,7-9H2. The maximum atomic E-state index is 5.90. The van der Waals surface area contributed by atoms with Gasteiger partial charge in [-0.2, -0.15) is 0 Å². The first-order chi connectivity index (χ1) is 8.69. The zero-order valence-electron chi connectivity index (χ0n) is 9.70. The van der Waals surface area contributed by atoms with E-state index in [9.17, 15) is 0 Å². The Morgan fingerprint density at radius 3 is 2.39 bits per heavy atom. The van der Waals surface area contributed by atoms with Gasteiger partial charge >= 0.3 is 0 Å². The largest absolute Gasteiger partial charge is 0.148 e. The van der Waals surface area contributed by atoms with E-state index in [4.69, 9.17) is 11.6 Å². The van der Waals surface area contributed by atoms with Gasteiger partial charge in [0.2, 0.25) is 0 Å². The van der Waals surface area contributed by atoms with Crippen LogP contribution in [0.2, 0.25) is 5.02 Å². The Labute approximate surface area is 134 Å². The average Bonchev–Trinajstić information content (AvgIpc) is 2.77. The molecular weight excluding hydrogens is 395 g/mol. The van der Waals surface area contributed by atoms with Crippen molar-refractivity contribution in [2.24, 2.45) is 5.92 Å². The number of alkyl halides is 1. The molecule has 0 N–H and O–H groups in total. The van der Waals surface area contributed by atoms with Crippen LogP contribution in [0.15, 0.2) is 40.2 Å². The first-order valence-electron chi connectivity index (χ1n) is 5.71. The molecule has 1 unspecified atom stereocenters. The Morgan fingerprint density at radius 1 is 1.11 bits per heavy atom. The summed E-state index contributed by atoms with van der Waals surface area (Å²) >= 11 is 14.9. The first-order valence-corrected chi connectivity index (χ1v) is 8.88. The fourth-order valence-corrected chi connectivity index (χ4v) is 4.08. The third-order valence-electron chi connectivity index (χ3n) is 2.82. The van der Waals surface area contributed by atoms with Crippen LogP contribution in [0.25, 0.3) is 0 Å². The van der Waals surface area contributed by atoms with Gasteiger partial charge in [-0.25, -0.2) is 0 Å². The molecule has 2 aromatic rings. The molecule has 1 aromatic carbocycles. The summed E-state index contributed by atoms with van der Waals surface area (Å²) < 4.78 is 1.23. The zero-order valence-corrected chi connectivity index (χ0v) is 14.4. The Kier molecular flexibility index (Phi) is 5.74. The van der Waals surface area contributed by atoms with Gasteiger partial charge in [0.1, 0.15) is 0 Å². The predicted octanol–water partition coefficient (Wildman–Crippen LogP) is 5.96. The molecule has 18 heavy (non-hydrogen) atoms. The van der Waals surface area contributed by atoms with Crippen LogP contribution < -0.4 is 0 Å². The Morgan fingerprint density at radius 2 is 1.83 bits per heavy atom. The van der Waals surface area contributed by atoms with Crippen molar-refractivity contribution in [3.63, 3.8) is 0 Å². The van der Waals surface area contributed by atoms with Crippen molar-refractivity contribution in [3.8, 4) is 0 Å². The van der Waals surface area contributed by atoms with Crippen molar-refractivity contribution in [1.82, 2.24) is 0 Å². The van der Waals surface area contributed by atoms with Crippen molar-refractivity contribution in [1.29, 1.82) is 0 Å². The third kappa shape index (κ3) is 4.09. The van der Waals surface area contributed by atoms with E-state index >= 15 is 0 Å². The number of rotatable bonds is 5. The molecule has 0 bridgehead atoms. The lowest BCUT2D eigenvalue weighted by molar-refractivity contribution is 0.595. The summed E-state index contributed by atoms with van der Waals surface area (Å²) in [4.78, 5) is 1.42. The van der Waals surface area contributed by atoms with Crippen LogP contribution in [0.3, 0.4) is 0 Å². The average molecular weight is 409 g/mol. The summed E-state index contributed by atoms with van der Waals surface area (Å²) in [5.74, 6) is 0.612. The minimum atomic E-state index is 0.612. The number of hydrogen-bond acceptors (Lipinski definition) is 1. The van der Waals surface area contributed by atoms with Crippen LogP contribution in [0.1, 0.15) is 10.4 Å². The number of halogens is 3. The summed E-state index contributed by atoms with van der Waals surface area (Å²) in [5, 5.41) is 3.95. The normalized spacial score (nSPS) is 12.6. The second-order valence-corrected chi connectivity index (χ2v) is 7.19. The second-order valence-electron chi connectivity index (χ2n) is 4.25. The summed E-state index contributed by atoms with van der Waals surface area (Å²) in [5.41, 5.74) is 1.34. The van der Waals surface area contributed by atoms with E-state index < -0.39 is 0 Å². The van der Waals surface area contributed by atoms with Gasteiger partial charge in [-0.1, -0.05) is 39.7 Å². The Hall–Kier alpha value is 0.170. The van der Waals surface area contributed by atoms with E-state index in [0.717, 1.165) is 23.2 Å². The van der Waals surface area contributed by atoms with Crippen LogP contribution >= 0.6 is 54.8 Å². The number of benzene rings is 1. The lowest BCUT2D eigenvalue weighted by atomic mass is 9.97. The molecule has 0 saturated carbocycles. The quantitative estimate of drug-likeness (QED) is 0.536. The molecule has 1 atom stereocenters. The summed E-state index contributed by atoms with van der Waals surface area (Å²) in [6.45, 7) is 0. The molecule has 0 aliphatic carbocycles. The molecule has 0 aliphatic rings. The number of thiophene rings is 1. The van der Waals surface area contributed by atoms with Gasteiger partial charge in [-0.05, 0) is 63.8 Å². The fraction of sp³-hybridized carbons (Fsp3) is 0.286. The summed E-state index contributed by atoms with van der Waals surface area (Å²) in [7, 11) is 0. The van der Waals surface area contributed by atoms with E-state index in [1.54, 1.807) is 0 Å². The summed E-state index contributed by atoms with van der Waals surface area (Å²) in [6, 6.07) is 10.3. The molecule has 96 valence electrons. The molecule has 0 nitrogen and oxygen atoms in total. The highest BCUT2D eigenvalue weighted by atomic mass is 79.9.